The fraction of sp³-hybridized carbons (Fsp3) is 0.400. The minimum absolute atomic E-state index is 0.0439. The van der Waals surface area contributed by atoms with Gasteiger partial charge in [0.05, 0.1) is 0 Å². The summed E-state index contributed by atoms with van der Waals surface area (Å²) in [6.45, 7) is 2.02. The Morgan fingerprint density at radius 1 is 1.46 bits per heavy atom. The van der Waals surface area contributed by atoms with Gasteiger partial charge >= 0.3 is 0 Å². The second kappa shape index (κ2) is 3.07. The maximum Gasteiger partial charge on any atom is 0.158 e. The van der Waals surface area contributed by atoms with Crippen LogP contribution in [0.5, 0.6) is 5.75 Å². The third-order valence-electron chi connectivity index (χ3n) is 2.04. The molecule has 0 saturated heterocycles. The van der Waals surface area contributed by atoms with Gasteiger partial charge in [-0.15, -0.1) is 0 Å². The van der Waals surface area contributed by atoms with Crippen LogP contribution in [0.1, 0.15) is 12.0 Å². The van der Waals surface area contributed by atoms with Crippen LogP contribution in [-0.4, -0.2) is 10.4 Å². The third-order valence-corrected chi connectivity index (χ3v) is 2.83. The molecule has 1 unspecified atom stereocenters. The molecule has 0 N–H and O–H groups in total. The smallest absolute Gasteiger partial charge is 0.158 e. The Balaban J connectivity index is 2.03. The fourth-order valence-corrected chi connectivity index (χ4v) is 1.54. The van der Waals surface area contributed by atoms with E-state index in [9.17, 15) is 0 Å². The minimum atomic E-state index is -0.663. The van der Waals surface area contributed by atoms with Crippen LogP contribution in [0.2, 0.25) is 0 Å². The highest BCUT2D eigenvalue weighted by Gasteiger charge is 2.54. The van der Waals surface area contributed by atoms with Gasteiger partial charge in [-0.3, -0.25) is 0 Å². The zero-order valence-electron chi connectivity index (χ0n) is 7.26. The highest BCUT2D eigenvalue weighted by Crippen LogP contribution is 2.49. The molecule has 1 aromatic rings. The lowest BCUT2D eigenvalue weighted by atomic mass is 10.2. The first-order chi connectivity index (χ1) is 6.08. The van der Waals surface area contributed by atoms with Gasteiger partial charge < -0.3 is 4.74 Å². The van der Waals surface area contributed by atoms with Crippen molar-refractivity contribution in [2.24, 2.45) is 0 Å². The highest BCUT2D eigenvalue weighted by molar-refractivity contribution is 6.51. The largest absolute Gasteiger partial charge is 0.487 e. The first-order valence-electron chi connectivity index (χ1n) is 4.19. The number of halogens is 2. The Bertz CT molecular complexity index is 322. The maximum atomic E-state index is 5.84. The van der Waals surface area contributed by atoms with E-state index in [4.69, 9.17) is 27.9 Å². The molecule has 1 atom stereocenters. The number of ether oxygens (including phenoxy) is 1. The summed E-state index contributed by atoms with van der Waals surface area (Å²) in [5.41, 5.74) is 1.17. The maximum absolute atomic E-state index is 5.84. The first-order valence-corrected chi connectivity index (χ1v) is 4.95. The van der Waals surface area contributed by atoms with Crippen molar-refractivity contribution >= 4 is 23.2 Å². The summed E-state index contributed by atoms with van der Waals surface area (Å²) in [5.74, 6) is 0.841. The number of benzene rings is 1. The summed E-state index contributed by atoms with van der Waals surface area (Å²) < 4.78 is 4.89. The minimum Gasteiger partial charge on any atom is -0.487 e. The topological polar surface area (TPSA) is 9.23 Å². The summed E-state index contributed by atoms with van der Waals surface area (Å²) in [6.07, 6.45) is 0.668. The van der Waals surface area contributed by atoms with Gasteiger partial charge in [-0.2, -0.15) is 0 Å². The molecule has 0 heterocycles. The zero-order valence-corrected chi connectivity index (χ0v) is 8.77. The number of rotatable bonds is 2. The quantitative estimate of drug-likeness (QED) is 0.690. The second-order valence-electron chi connectivity index (χ2n) is 3.39. The van der Waals surface area contributed by atoms with Crippen LogP contribution in [0.4, 0.5) is 0 Å². The van der Waals surface area contributed by atoms with E-state index in [-0.39, 0.29) is 6.10 Å². The van der Waals surface area contributed by atoms with Crippen molar-refractivity contribution in [3.05, 3.63) is 29.8 Å². The van der Waals surface area contributed by atoms with E-state index in [0.717, 1.165) is 5.75 Å². The van der Waals surface area contributed by atoms with Gasteiger partial charge in [0.25, 0.3) is 0 Å². The van der Waals surface area contributed by atoms with Crippen molar-refractivity contribution in [2.45, 2.75) is 23.8 Å². The molecule has 1 fully saturated rings. The van der Waals surface area contributed by atoms with Crippen molar-refractivity contribution in [1.82, 2.24) is 0 Å². The van der Waals surface area contributed by atoms with Crippen molar-refractivity contribution in [1.29, 1.82) is 0 Å². The summed E-state index contributed by atoms with van der Waals surface area (Å²) >= 11 is 11.7. The molecule has 1 aliphatic rings. The molecule has 0 spiro atoms. The summed E-state index contributed by atoms with van der Waals surface area (Å²) in [7, 11) is 0. The molecule has 1 saturated carbocycles. The lowest BCUT2D eigenvalue weighted by Gasteiger charge is -2.05. The summed E-state index contributed by atoms with van der Waals surface area (Å²) in [6, 6.07) is 7.86. The van der Waals surface area contributed by atoms with E-state index in [1.54, 1.807) is 0 Å². The highest BCUT2D eigenvalue weighted by atomic mass is 35.5. The monoisotopic (exact) mass is 216 g/mol. The van der Waals surface area contributed by atoms with E-state index in [1.807, 2.05) is 31.2 Å². The van der Waals surface area contributed by atoms with Crippen LogP contribution in [0.25, 0.3) is 0 Å². The molecule has 0 bridgehead atoms. The number of aryl methyl sites for hydroxylation is 1. The van der Waals surface area contributed by atoms with Gasteiger partial charge in [-0.25, -0.2) is 0 Å². The van der Waals surface area contributed by atoms with Gasteiger partial charge in [-0.1, -0.05) is 35.3 Å². The van der Waals surface area contributed by atoms with Crippen LogP contribution in [0.15, 0.2) is 24.3 Å². The van der Waals surface area contributed by atoms with Crippen molar-refractivity contribution in [3.63, 3.8) is 0 Å². The van der Waals surface area contributed by atoms with Crippen LogP contribution < -0.4 is 4.74 Å². The Labute approximate surface area is 87.6 Å². The normalized spacial score (nSPS) is 24.1. The van der Waals surface area contributed by atoms with Crippen LogP contribution in [0, 0.1) is 6.92 Å². The van der Waals surface area contributed by atoms with E-state index in [1.165, 1.54) is 5.56 Å². The van der Waals surface area contributed by atoms with Crippen LogP contribution >= 0.6 is 23.2 Å². The van der Waals surface area contributed by atoms with Crippen molar-refractivity contribution in [2.75, 3.05) is 0 Å². The Morgan fingerprint density at radius 2 is 2.15 bits per heavy atom. The van der Waals surface area contributed by atoms with Crippen LogP contribution in [0.3, 0.4) is 0 Å². The molecule has 3 heteroatoms. The van der Waals surface area contributed by atoms with Gasteiger partial charge in [-0.05, 0) is 24.6 Å². The van der Waals surface area contributed by atoms with Crippen molar-refractivity contribution in [3.8, 4) is 5.75 Å². The molecule has 13 heavy (non-hydrogen) atoms. The molecule has 0 radical (unpaired) electrons. The Morgan fingerprint density at radius 3 is 2.69 bits per heavy atom. The predicted octanol–water partition coefficient (Wildman–Crippen LogP) is 3.32. The summed E-state index contributed by atoms with van der Waals surface area (Å²) in [4.78, 5) is 0. The van der Waals surface area contributed by atoms with E-state index in [2.05, 4.69) is 0 Å². The summed E-state index contributed by atoms with van der Waals surface area (Å²) in [5, 5.41) is 0. The second-order valence-corrected chi connectivity index (χ2v) is 4.93. The molecule has 1 aliphatic carbocycles. The van der Waals surface area contributed by atoms with Gasteiger partial charge in [0.2, 0.25) is 0 Å². The number of hydrogen-bond acceptors (Lipinski definition) is 1. The van der Waals surface area contributed by atoms with E-state index >= 15 is 0 Å². The predicted molar refractivity (Wildman–Crippen MR) is 54.6 cm³/mol. The molecule has 1 nitrogen and oxygen atoms in total. The zero-order chi connectivity index (χ0) is 9.47. The van der Waals surface area contributed by atoms with Gasteiger partial charge in [0.15, 0.2) is 4.33 Å². The van der Waals surface area contributed by atoms with Gasteiger partial charge in [0.1, 0.15) is 11.9 Å². The third kappa shape index (κ3) is 2.09. The lowest BCUT2D eigenvalue weighted by molar-refractivity contribution is 0.300. The molecular weight excluding hydrogens is 207 g/mol. The molecular formula is C10H10Cl2O. The SMILES string of the molecule is Cc1cccc(OC2CC2(Cl)Cl)c1. The molecule has 1 aromatic carbocycles. The molecule has 2 rings (SSSR count). The van der Waals surface area contributed by atoms with Crippen LogP contribution in [-0.2, 0) is 0 Å². The number of hydrogen-bond donors (Lipinski definition) is 0. The molecule has 70 valence electrons. The Kier molecular flexibility index (Phi) is 2.17. The fourth-order valence-electron chi connectivity index (χ4n) is 1.17. The molecule has 0 aliphatic heterocycles. The van der Waals surface area contributed by atoms with E-state index < -0.39 is 4.33 Å². The number of alkyl halides is 2. The first kappa shape index (κ1) is 9.17. The van der Waals surface area contributed by atoms with E-state index in [0.29, 0.717) is 6.42 Å². The molecule has 0 amide bonds. The Hall–Kier alpha value is -0.400. The van der Waals surface area contributed by atoms with Crippen molar-refractivity contribution < 1.29 is 4.74 Å². The standard InChI is InChI=1S/C10H10Cl2O/c1-7-3-2-4-8(5-7)13-9-6-10(9,11)12/h2-5,9H,6H2,1H3. The lowest BCUT2D eigenvalue weighted by Crippen LogP contribution is -2.05. The average Bonchev–Trinajstić information content (AvgIpc) is 2.58. The van der Waals surface area contributed by atoms with Gasteiger partial charge in [0, 0.05) is 6.42 Å². The average molecular weight is 217 g/mol. The molecule has 0 aromatic heterocycles.